The number of aryl methyl sites for hydroxylation is 1. The molecule has 0 radical (unpaired) electrons. The average molecular weight is 399 g/mol. The van der Waals surface area contributed by atoms with Crippen LogP contribution >= 0.6 is 0 Å². The predicted molar refractivity (Wildman–Crippen MR) is 105 cm³/mol. The second kappa shape index (κ2) is 8.14. The lowest BCUT2D eigenvalue weighted by atomic mass is 9.98. The maximum Gasteiger partial charge on any atom is 0.246 e. The van der Waals surface area contributed by atoms with E-state index in [0.717, 1.165) is 5.56 Å². The van der Waals surface area contributed by atoms with Gasteiger partial charge in [-0.05, 0) is 43.4 Å². The molecule has 8 nitrogen and oxygen atoms in total. The quantitative estimate of drug-likeness (QED) is 0.734. The third-order valence-electron chi connectivity index (χ3n) is 5.27. The third kappa shape index (κ3) is 4.70. The number of anilines is 1. The number of methoxy groups -OCH3 is 1. The second-order valence-corrected chi connectivity index (χ2v) is 7.72. The summed E-state index contributed by atoms with van der Waals surface area (Å²) in [7, 11) is 1.62. The van der Waals surface area contributed by atoms with Gasteiger partial charge in [0.2, 0.25) is 17.7 Å². The zero-order valence-electron chi connectivity index (χ0n) is 16.6. The van der Waals surface area contributed by atoms with E-state index in [-0.39, 0.29) is 30.2 Å². The summed E-state index contributed by atoms with van der Waals surface area (Å²) in [5, 5.41) is 6.35. The summed E-state index contributed by atoms with van der Waals surface area (Å²) in [4.78, 5) is 26.2. The maximum atomic E-state index is 12.4. The Morgan fingerprint density at radius 1 is 1.31 bits per heavy atom. The average Bonchev–Trinajstić information content (AvgIpc) is 3.35. The van der Waals surface area contributed by atoms with Crippen molar-refractivity contribution in [3.8, 4) is 11.5 Å². The highest BCUT2D eigenvalue weighted by Gasteiger charge is 2.32. The van der Waals surface area contributed by atoms with Gasteiger partial charge in [0.1, 0.15) is 0 Å². The van der Waals surface area contributed by atoms with Gasteiger partial charge >= 0.3 is 0 Å². The molecule has 1 saturated carbocycles. The molecule has 1 saturated heterocycles. The van der Waals surface area contributed by atoms with Gasteiger partial charge in [0.15, 0.2) is 11.5 Å². The summed E-state index contributed by atoms with van der Waals surface area (Å²) < 4.78 is 16.3. The van der Waals surface area contributed by atoms with Crippen molar-refractivity contribution in [1.82, 2.24) is 10.1 Å². The molecule has 1 atom stereocenters. The molecule has 1 aromatic heterocycles. The molecule has 2 heterocycles. The number of benzene rings is 1. The molecule has 1 N–H and O–H groups in total. The van der Waals surface area contributed by atoms with Gasteiger partial charge in [-0.25, -0.2) is 0 Å². The minimum atomic E-state index is -0.307. The Balaban J connectivity index is 1.38. The van der Waals surface area contributed by atoms with Crippen molar-refractivity contribution in [2.24, 2.45) is 5.92 Å². The Morgan fingerprint density at radius 2 is 2.14 bits per heavy atom. The fourth-order valence-corrected chi connectivity index (χ4v) is 3.47. The van der Waals surface area contributed by atoms with E-state index in [1.165, 1.54) is 12.8 Å². The van der Waals surface area contributed by atoms with Gasteiger partial charge in [0, 0.05) is 24.9 Å². The Bertz CT molecular complexity index is 905. The van der Waals surface area contributed by atoms with Crippen LogP contribution in [0.2, 0.25) is 0 Å². The van der Waals surface area contributed by atoms with E-state index in [1.807, 2.05) is 18.2 Å². The van der Waals surface area contributed by atoms with Gasteiger partial charge in [-0.3, -0.25) is 14.9 Å². The zero-order chi connectivity index (χ0) is 20.4. The fraction of sp³-hybridized carbons (Fsp3) is 0.476. The van der Waals surface area contributed by atoms with Crippen LogP contribution in [0.4, 0.5) is 5.88 Å². The number of hydrogen-bond acceptors (Lipinski definition) is 6. The lowest BCUT2D eigenvalue weighted by Crippen LogP contribution is -2.34. The summed E-state index contributed by atoms with van der Waals surface area (Å²) in [6.07, 6.45) is 2.79. The highest BCUT2D eigenvalue weighted by molar-refractivity contribution is 5.94. The van der Waals surface area contributed by atoms with Gasteiger partial charge in [-0.1, -0.05) is 11.2 Å². The SMILES string of the molecule is COc1ccc(C2CC(=O)N(CC(=O)Nc3cc(C)no3)C2)cc1OCC1CC1. The number of aromatic nitrogens is 1. The van der Waals surface area contributed by atoms with Gasteiger partial charge in [-0.2, -0.15) is 0 Å². The first kappa shape index (κ1) is 19.3. The Morgan fingerprint density at radius 3 is 2.83 bits per heavy atom. The van der Waals surface area contributed by atoms with E-state index in [2.05, 4.69) is 10.5 Å². The van der Waals surface area contributed by atoms with Gasteiger partial charge < -0.3 is 18.9 Å². The number of likely N-dealkylation sites (tertiary alicyclic amines) is 1. The van der Waals surface area contributed by atoms with Crippen molar-refractivity contribution in [1.29, 1.82) is 0 Å². The van der Waals surface area contributed by atoms with E-state index in [9.17, 15) is 9.59 Å². The molecule has 2 amide bonds. The molecule has 2 fully saturated rings. The first-order chi connectivity index (χ1) is 14.0. The van der Waals surface area contributed by atoms with Crippen LogP contribution in [0, 0.1) is 12.8 Å². The molecule has 29 heavy (non-hydrogen) atoms. The topological polar surface area (TPSA) is 93.9 Å². The molecule has 4 rings (SSSR count). The summed E-state index contributed by atoms with van der Waals surface area (Å²) in [6.45, 7) is 2.93. The summed E-state index contributed by atoms with van der Waals surface area (Å²) >= 11 is 0. The van der Waals surface area contributed by atoms with E-state index in [1.54, 1.807) is 25.0 Å². The van der Waals surface area contributed by atoms with Crippen LogP contribution < -0.4 is 14.8 Å². The number of nitrogens with one attached hydrogen (secondary N) is 1. The standard InChI is InChI=1S/C21H25N3O5/c1-13-7-20(29-23-13)22-19(25)11-24-10-16(9-21(24)26)15-5-6-17(27-2)18(8-15)28-12-14-3-4-14/h5-8,14,16H,3-4,9-12H2,1-2H3,(H,22,25). The fourth-order valence-electron chi connectivity index (χ4n) is 3.47. The van der Waals surface area contributed by atoms with Crippen LogP contribution in [0.3, 0.4) is 0 Å². The Labute approximate surface area is 169 Å². The number of amides is 2. The molecule has 1 aromatic carbocycles. The van der Waals surface area contributed by atoms with Gasteiger partial charge in [-0.15, -0.1) is 0 Å². The minimum Gasteiger partial charge on any atom is -0.493 e. The lowest BCUT2D eigenvalue weighted by Gasteiger charge is -2.17. The molecule has 1 aliphatic heterocycles. The van der Waals surface area contributed by atoms with Crippen LogP contribution in [0.15, 0.2) is 28.8 Å². The van der Waals surface area contributed by atoms with Crippen LogP contribution in [0.5, 0.6) is 11.5 Å². The number of ether oxygens (including phenoxy) is 2. The first-order valence-electron chi connectivity index (χ1n) is 9.83. The number of nitrogens with zero attached hydrogens (tertiary/aromatic N) is 2. The molecular weight excluding hydrogens is 374 g/mol. The minimum absolute atomic E-state index is 0.0111. The molecule has 154 valence electrons. The Hall–Kier alpha value is -3.03. The number of rotatable bonds is 8. The van der Waals surface area contributed by atoms with Crippen molar-refractivity contribution < 1.29 is 23.6 Å². The third-order valence-corrected chi connectivity index (χ3v) is 5.27. The van der Waals surface area contributed by atoms with Crippen molar-refractivity contribution in [2.75, 3.05) is 32.1 Å². The van der Waals surface area contributed by atoms with E-state index in [0.29, 0.717) is 42.7 Å². The summed E-state index contributed by atoms with van der Waals surface area (Å²) in [5.41, 5.74) is 1.69. The summed E-state index contributed by atoms with van der Waals surface area (Å²) in [5.74, 6) is 1.98. The summed E-state index contributed by atoms with van der Waals surface area (Å²) in [6, 6.07) is 7.43. The molecule has 0 bridgehead atoms. The first-order valence-corrected chi connectivity index (χ1v) is 9.83. The van der Waals surface area contributed by atoms with Crippen molar-refractivity contribution in [3.05, 3.63) is 35.5 Å². The van der Waals surface area contributed by atoms with Gasteiger partial charge in [0.25, 0.3) is 0 Å². The van der Waals surface area contributed by atoms with E-state index in [4.69, 9.17) is 14.0 Å². The zero-order valence-corrected chi connectivity index (χ0v) is 16.6. The largest absolute Gasteiger partial charge is 0.493 e. The van der Waals surface area contributed by atoms with Crippen LogP contribution in [0.25, 0.3) is 0 Å². The number of carbonyl (C=O) groups is 2. The lowest BCUT2D eigenvalue weighted by molar-refractivity contribution is -0.131. The maximum absolute atomic E-state index is 12.4. The molecule has 1 unspecified atom stereocenters. The monoisotopic (exact) mass is 399 g/mol. The highest BCUT2D eigenvalue weighted by atomic mass is 16.5. The number of carbonyl (C=O) groups excluding carboxylic acids is 2. The highest BCUT2D eigenvalue weighted by Crippen LogP contribution is 2.36. The molecule has 0 spiro atoms. The van der Waals surface area contributed by atoms with Crippen LogP contribution in [-0.4, -0.2) is 48.7 Å². The molecule has 1 aliphatic carbocycles. The smallest absolute Gasteiger partial charge is 0.246 e. The van der Waals surface area contributed by atoms with Crippen molar-refractivity contribution in [2.45, 2.75) is 32.1 Å². The predicted octanol–water partition coefficient (Wildman–Crippen LogP) is 2.74. The van der Waals surface area contributed by atoms with Crippen LogP contribution in [0.1, 0.15) is 36.4 Å². The van der Waals surface area contributed by atoms with Crippen molar-refractivity contribution >= 4 is 17.7 Å². The Kier molecular flexibility index (Phi) is 5.42. The van der Waals surface area contributed by atoms with E-state index < -0.39 is 0 Å². The van der Waals surface area contributed by atoms with Crippen LogP contribution in [-0.2, 0) is 9.59 Å². The molecule has 8 heteroatoms. The molecule has 2 aromatic rings. The van der Waals surface area contributed by atoms with Gasteiger partial charge in [0.05, 0.1) is 26.0 Å². The molecule has 2 aliphatic rings. The van der Waals surface area contributed by atoms with E-state index >= 15 is 0 Å². The van der Waals surface area contributed by atoms with Crippen molar-refractivity contribution in [3.63, 3.8) is 0 Å². The molecular formula is C21H25N3O5. The normalized spacial score (nSPS) is 18.8. The number of hydrogen-bond donors (Lipinski definition) is 1. The second-order valence-electron chi connectivity index (χ2n) is 7.72.